The molecular formula is C23H22N6O2. The van der Waals surface area contributed by atoms with Crippen molar-refractivity contribution in [2.75, 3.05) is 5.73 Å². The minimum absolute atomic E-state index is 0.136. The van der Waals surface area contributed by atoms with Gasteiger partial charge in [-0.2, -0.15) is 9.78 Å². The molecule has 2 heterocycles. The van der Waals surface area contributed by atoms with E-state index in [1.54, 1.807) is 30.5 Å². The summed E-state index contributed by atoms with van der Waals surface area (Å²) in [5.74, 6) is 0.0548. The highest BCUT2D eigenvalue weighted by molar-refractivity contribution is 6.10. The Morgan fingerprint density at radius 1 is 1.13 bits per heavy atom. The summed E-state index contributed by atoms with van der Waals surface area (Å²) in [5, 5.41) is 17.2. The van der Waals surface area contributed by atoms with Crippen LogP contribution in [0.3, 0.4) is 0 Å². The van der Waals surface area contributed by atoms with Gasteiger partial charge in [0.2, 0.25) is 0 Å². The van der Waals surface area contributed by atoms with Gasteiger partial charge in [0.15, 0.2) is 5.65 Å². The largest absolute Gasteiger partial charge is 0.508 e. The molecule has 8 nitrogen and oxygen atoms in total. The molecule has 0 atom stereocenters. The number of hydrogen-bond donors (Lipinski definition) is 3. The van der Waals surface area contributed by atoms with E-state index in [-0.39, 0.29) is 29.1 Å². The fraction of sp³-hybridized carbons (Fsp3) is 0.217. The molecule has 0 spiro atoms. The summed E-state index contributed by atoms with van der Waals surface area (Å²) in [6, 6.07) is 14.3. The van der Waals surface area contributed by atoms with Crippen molar-refractivity contribution in [1.29, 1.82) is 0 Å². The number of carbonyl (C=O) groups excluding carboxylic acids is 1. The Kier molecular flexibility index (Phi) is 4.74. The maximum atomic E-state index is 13.1. The second kappa shape index (κ2) is 7.71. The quantitative estimate of drug-likeness (QED) is 0.442. The van der Waals surface area contributed by atoms with Gasteiger partial charge in [-0.05, 0) is 42.7 Å². The van der Waals surface area contributed by atoms with Crippen LogP contribution in [0.5, 0.6) is 5.75 Å². The molecule has 2 aromatic carbocycles. The van der Waals surface area contributed by atoms with Gasteiger partial charge in [0.1, 0.15) is 22.6 Å². The van der Waals surface area contributed by atoms with Crippen LogP contribution in [0, 0.1) is 0 Å². The molecule has 1 fully saturated rings. The first-order chi connectivity index (χ1) is 15.1. The molecule has 4 N–H and O–H groups in total. The lowest BCUT2D eigenvalue weighted by Gasteiger charge is -2.11. The number of phenols is 1. The van der Waals surface area contributed by atoms with Crippen LogP contribution in [0.15, 0.2) is 53.6 Å². The van der Waals surface area contributed by atoms with Gasteiger partial charge >= 0.3 is 0 Å². The maximum absolute atomic E-state index is 13.1. The monoisotopic (exact) mass is 414 g/mol. The average molecular weight is 414 g/mol. The van der Waals surface area contributed by atoms with Crippen LogP contribution >= 0.6 is 0 Å². The number of para-hydroxylation sites is 2. The van der Waals surface area contributed by atoms with E-state index in [1.165, 1.54) is 4.68 Å². The zero-order valence-corrected chi connectivity index (χ0v) is 16.8. The topological polar surface area (TPSA) is 118 Å². The number of phenolic OH excluding ortho intramolecular Hbond substituents is 1. The molecular weight excluding hydrogens is 392 g/mol. The van der Waals surface area contributed by atoms with Crippen LogP contribution in [0.2, 0.25) is 0 Å². The van der Waals surface area contributed by atoms with Gasteiger partial charge in [-0.15, -0.1) is 0 Å². The number of carbonyl (C=O) groups is 1. The number of fused-ring (bicyclic) bond motifs is 2. The van der Waals surface area contributed by atoms with E-state index in [4.69, 9.17) is 5.73 Å². The number of aromatic nitrogens is 3. The summed E-state index contributed by atoms with van der Waals surface area (Å²) in [4.78, 5) is 22.5. The van der Waals surface area contributed by atoms with Crippen molar-refractivity contribution in [3.05, 3.63) is 59.7 Å². The first kappa shape index (κ1) is 19.0. The van der Waals surface area contributed by atoms with E-state index in [0.717, 1.165) is 25.7 Å². The number of anilines is 1. The van der Waals surface area contributed by atoms with Crippen LogP contribution in [-0.2, 0) is 0 Å². The molecule has 0 bridgehead atoms. The van der Waals surface area contributed by atoms with Crippen molar-refractivity contribution in [3.8, 4) is 5.75 Å². The van der Waals surface area contributed by atoms with Crippen molar-refractivity contribution in [1.82, 2.24) is 20.0 Å². The third kappa shape index (κ3) is 3.56. The minimum atomic E-state index is -0.259. The number of nitrogen functional groups attached to an aromatic ring is 1. The van der Waals surface area contributed by atoms with E-state index in [1.807, 2.05) is 24.3 Å². The van der Waals surface area contributed by atoms with Crippen molar-refractivity contribution >= 4 is 40.1 Å². The van der Waals surface area contributed by atoms with E-state index in [0.29, 0.717) is 27.8 Å². The van der Waals surface area contributed by atoms with Gasteiger partial charge in [0.25, 0.3) is 5.91 Å². The summed E-state index contributed by atoms with van der Waals surface area (Å²) in [5.41, 5.74) is 9.57. The lowest BCUT2D eigenvalue weighted by atomic mass is 10.2. The van der Waals surface area contributed by atoms with Crippen LogP contribution < -0.4 is 11.1 Å². The molecule has 31 heavy (non-hydrogen) atoms. The Balaban J connectivity index is 1.65. The van der Waals surface area contributed by atoms with Crippen molar-refractivity contribution in [2.24, 2.45) is 5.10 Å². The van der Waals surface area contributed by atoms with Gasteiger partial charge in [-0.25, -0.2) is 9.97 Å². The Labute approximate surface area is 178 Å². The molecule has 1 aliphatic rings. The summed E-state index contributed by atoms with van der Waals surface area (Å²) in [6.07, 6.45) is 5.72. The van der Waals surface area contributed by atoms with E-state index in [2.05, 4.69) is 20.4 Å². The van der Waals surface area contributed by atoms with Gasteiger partial charge in [-0.1, -0.05) is 37.1 Å². The third-order valence-electron chi connectivity index (χ3n) is 5.58. The lowest BCUT2D eigenvalue weighted by Crippen LogP contribution is -2.33. The summed E-state index contributed by atoms with van der Waals surface area (Å²) in [6.45, 7) is 0. The molecule has 0 aliphatic heterocycles. The van der Waals surface area contributed by atoms with Gasteiger partial charge in [0, 0.05) is 6.04 Å². The lowest BCUT2D eigenvalue weighted by molar-refractivity contribution is 0.0940. The van der Waals surface area contributed by atoms with E-state index < -0.39 is 0 Å². The number of hydrogen-bond acceptors (Lipinski definition) is 6. The van der Waals surface area contributed by atoms with Gasteiger partial charge in [0.05, 0.1) is 17.2 Å². The fourth-order valence-corrected chi connectivity index (χ4v) is 4.05. The Bertz CT molecular complexity index is 1320. The Morgan fingerprint density at radius 3 is 2.61 bits per heavy atom. The number of rotatable bonds is 4. The molecule has 1 saturated carbocycles. The first-order valence-corrected chi connectivity index (χ1v) is 10.3. The fourth-order valence-electron chi connectivity index (χ4n) is 4.05. The molecule has 0 saturated heterocycles. The highest BCUT2D eigenvalue weighted by atomic mass is 16.3. The maximum Gasteiger partial charge on any atom is 0.257 e. The van der Waals surface area contributed by atoms with Crippen LogP contribution in [0.25, 0.3) is 22.2 Å². The van der Waals surface area contributed by atoms with E-state index in [9.17, 15) is 9.90 Å². The molecule has 1 amide bonds. The molecule has 1 aliphatic carbocycles. The predicted molar refractivity (Wildman–Crippen MR) is 120 cm³/mol. The molecule has 156 valence electrons. The summed E-state index contributed by atoms with van der Waals surface area (Å²) >= 11 is 0. The molecule has 4 aromatic rings. The van der Waals surface area contributed by atoms with E-state index >= 15 is 0 Å². The zero-order chi connectivity index (χ0) is 21.4. The van der Waals surface area contributed by atoms with Crippen LogP contribution in [0.1, 0.15) is 41.6 Å². The smallest absolute Gasteiger partial charge is 0.257 e. The average Bonchev–Trinajstić information content (AvgIpc) is 3.36. The number of benzene rings is 2. The third-order valence-corrected chi connectivity index (χ3v) is 5.58. The molecule has 2 aromatic heterocycles. The molecule has 5 rings (SSSR count). The van der Waals surface area contributed by atoms with Gasteiger partial charge < -0.3 is 16.2 Å². The van der Waals surface area contributed by atoms with Crippen LogP contribution in [-0.4, -0.2) is 37.9 Å². The highest BCUT2D eigenvalue weighted by Crippen LogP contribution is 2.28. The van der Waals surface area contributed by atoms with Crippen LogP contribution in [0.4, 0.5) is 5.82 Å². The summed E-state index contributed by atoms with van der Waals surface area (Å²) < 4.78 is 1.43. The standard InChI is InChI=1S/C23H22N6O2/c24-21-19(23(31)26-15-7-1-2-8-15)20-22(28-18-11-4-3-10-17(18)27-20)29(21)25-13-14-6-5-9-16(30)12-14/h3-6,9-13,15,30H,1-2,7-8,24H2,(H,26,31)/b25-13+. The minimum Gasteiger partial charge on any atom is -0.508 e. The first-order valence-electron chi connectivity index (χ1n) is 10.3. The number of nitrogens with two attached hydrogens (primary N) is 1. The van der Waals surface area contributed by atoms with Gasteiger partial charge in [-0.3, -0.25) is 4.79 Å². The predicted octanol–water partition coefficient (Wildman–Crippen LogP) is 3.43. The number of aromatic hydroxyl groups is 1. The Morgan fingerprint density at radius 2 is 1.87 bits per heavy atom. The zero-order valence-electron chi connectivity index (χ0n) is 16.8. The molecule has 0 unspecified atom stereocenters. The van der Waals surface area contributed by atoms with Crippen molar-refractivity contribution < 1.29 is 9.90 Å². The second-order valence-electron chi connectivity index (χ2n) is 7.75. The number of amides is 1. The summed E-state index contributed by atoms with van der Waals surface area (Å²) in [7, 11) is 0. The number of nitrogens with zero attached hydrogens (tertiary/aromatic N) is 4. The Hall–Kier alpha value is -3.94. The van der Waals surface area contributed by atoms with Crippen molar-refractivity contribution in [2.45, 2.75) is 31.7 Å². The van der Waals surface area contributed by atoms with Crippen molar-refractivity contribution in [3.63, 3.8) is 0 Å². The second-order valence-corrected chi connectivity index (χ2v) is 7.75. The molecule has 0 radical (unpaired) electrons. The highest BCUT2D eigenvalue weighted by Gasteiger charge is 2.26. The molecule has 8 heteroatoms. The number of nitrogens with one attached hydrogen (secondary N) is 1. The normalized spacial score (nSPS) is 14.7. The SMILES string of the molecule is Nc1c(C(=O)NC2CCCC2)c2nc3ccccc3nc2n1/N=C/c1cccc(O)c1.